The van der Waals surface area contributed by atoms with E-state index < -0.39 is 41.5 Å². The summed E-state index contributed by atoms with van der Waals surface area (Å²) in [5.41, 5.74) is -2.46. The van der Waals surface area contributed by atoms with E-state index in [-0.39, 0.29) is 18.7 Å². The average molecular weight is 386 g/mol. The molecule has 0 aliphatic heterocycles. The van der Waals surface area contributed by atoms with Crippen LogP contribution in [0.15, 0.2) is 24.3 Å². The van der Waals surface area contributed by atoms with Gasteiger partial charge in [-0.25, -0.2) is 0 Å². The van der Waals surface area contributed by atoms with Gasteiger partial charge in [-0.05, 0) is 31.9 Å². The normalized spacial score (nSPS) is 15.6. The van der Waals surface area contributed by atoms with Gasteiger partial charge in [0.2, 0.25) is 11.8 Å². The van der Waals surface area contributed by atoms with Crippen LogP contribution < -0.4 is 5.32 Å². The molecule has 0 saturated heterocycles. The van der Waals surface area contributed by atoms with Gasteiger partial charge >= 0.3 is 12.1 Å². The van der Waals surface area contributed by atoms with Crippen molar-refractivity contribution in [3.8, 4) is 0 Å². The molecule has 1 aliphatic carbocycles. The molecule has 1 fully saturated rings. The number of alkyl halides is 3. The second-order valence-corrected chi connectivity index (χ2v) is 6.62. The van der Waals surface area contributed by atoms with Crippen LogP contribution in [0.5, 0.6) is 0 Å². The Morgan fingerprint density at radius 3 is 2.33 bits per heavy atom. The molecule has 0 atom stereocenters. The van der Waals surface area contributed by atoms with Gasteiger partial charge in [-0.2, -0.15) is 13.2 Å². The van der Waals surface area contributed by atoms with E-state index in [0.717, 1.165) is 23.5 Å². The number of carbonyl (C=O) groups is 3. The van der Waals surface area contributed by atoms with Crippen LogP contribution in [0, 0.1) is 5.41 Å². The van der Waals surface area contributed by atoms with Crippen LogP contribution in [-0.2, 0) is 20.6 Å². The van der Waals surface area contributed by atoms with Crippen LogP contribution in [0.1, 0.15) is 38.2 Å². The summed E-state index contributed by atoms with van der Waals surface area (Å²) in [5.74, 6) is -2.32. The number of para-hydroxylation sites is 1. The summed E-state index contributed by atoms with van der Waals surface area (Å²) in [6, 6.07) is 4.56. The first kappa shape index (κ1) is 20.7. The Kier molecular flexibility index (Phi) is 6.12. The maximum absolute atomic E-state index is 13.0. The molecule has 1 aromatic rings. The quantitative estimate of drug-likeness (QED) is 0.754. The topological polar surface area (TPSA) is 86.7 Å². The molecule has 1 aromatic carbocycles. The minimum absolute atomic E-state index is 0.142. The summed E-state index contributed by atoms with van der Waals surface area (Å²) in [7, 11) is 0. The van der Waals surface area contributed by atoms with Crippen LogP contribution in [0.2, 0.25) is 0 Å². The Labute approximate surface area is 154 Å². The Balaban J connectivity index is 2.03. The summed E-state index contributed by atoms with van der Waals surface area (Å²) in [4.78, 5) is 37.1. The van der Waals surface area contributed by atoms with E-state index in [0.29, 0.717) is 12.8 Å². The van der Waals surface area contributed by atoms with E-state index in [1.807, 2.05) is 0 Å². The number of nitrogens with one attached hydrogen (secondary N) is 1. The molecular formula is C18H21F3N2O4. The lowest BCUT2D eigenvalue weighted by Gasteiger charge is -2.38. The van der Waals surface area contributed by atoms with E-state index in [1.165, 1.54) is 12.1 Å². The van der Waals surface area contributed by atoms with Gasteiger partial charge in [0.25, 0.3) is 0 Å². The fraction of sp³-hybridized carbons (Fsp3) is 0.500. The van der Waals surface area contributed by atoms with Gasteiger partial charge in [-0.3, -0.25) is 14.4 Å². The summed E-state index contributed by atoms with van der Waals surface area (Å²) < 4.78 is 39.0. The molecule has 2 rings (SSSR count). The molecule has 0 radical (unpaired) electrons. The zero-order valence-corrected chi connectivity index (χ0v) is 14.8. The molecule has 1 saturated carbocycles. The number of carboxylic acids is 1. The SMILES string of the molecule is CCN(CC(=O)Nc1ccccc1C(F)(F)F)C(=O)CC1(C(=O)O)CCC1. The van der Waals surface area contributed by atoms with Gasteiger partial charge in [0.15, 0.2) is 0 Å². The summed E-state index contributed by atoms with van der Waals surface area (Å²) >= 11 is 0. The Bertz CT molecular complexity index is 730. The van der Waals surface area contributed by atoms with Crippen LogP contribution in [0.3, 0.4) is 0 Å². The molecule has 0 spiro atoms. The number of rotatable bonds is 7. The molecule has 2 N–H and O–H groups in total. The molecule has 0 unspecified atom stereocenters. The van der Waals surface area contributed by atoms with E-state index >= 15 is 0 Å². The highest BCUT2D eigenvalue weighted by Gasteiger charge is 2.46. The standard InChI is InChI=1S/C18H21F3N2O4/c1-2-23(15(25)10-17(16(26)27)8-5-9-17)11-14(24)22-13-7-4-3-6-12(13)18(19,20)21/h3-4,6-7H,2,5,8-11H2,1H3,(H,22,24)(H,26,27). The number of amides is 2. The lowest BCUT2D eigenvalue weighted by molar-refractivity contribution is -0.159. The largest absolute Gasteiger partial charge is 0.481 e. The number of likely N-dealkylation sites (N-methyl/N-ethyl adjacent to an activating group) is 1. The minimum atomic E-state index is -4.62. The lowest BCUT2D eigenvalue weighted by Crippen LogP contribution is -2.45. The highest BCUT2D eigenvalue weighted by Crippen LogP contribution is 2.44. The van der Waals surface area contributed by atoms with Gasteiger partial charge in [0, 0.05) is 13.0 Å². The maximum atomic E-state index is 13.0. The zero-order valence-electron chi connectivity index (χ0n) is 14.8. The van der Waals surface area contributed by atoms with Gasteiger partial charge in [0.1, 0.15) is 0 Å². The first-order chi connectivity index (χ1) is 12.6. The summed E-state index contributed by atoms with van der Waals surface area (Å²) in [6.45, 7) is 1.31. The van der Waals surface area contributed by atoms with E-state index in [4.69, 9.17) is 0 Å². The predicted octanol–water partition coefficient (Wildman–Crippen LogP) is 3.14. The third kappa shape index (κ3) is 4.78. The minimum Gasteiger partial charge on any atom is -0.481 e. The Morgan fingerprint density at radius 2 is 1.85 bits per heavy atom. The molecule has 1 aliphatic rings. The van der Waals surface area contributed by atoms with Gasteiger partial charge in [-0.15, -0.1) is 0 Å². The van der Waals surface area contributed by atoms with Crippen molar-refractivity contribution in [2.24, 2.45) is 5.41 Å². The van der Waals surface area contributed by atoms with Crippen molar-refractivity contribution in [3.63, 3.8) is 0 Å². The van der Waals surface area contributed by atoms with Crippen molar-refractivity contribution in [1.82, 2.24) is 4.90 Å². The number of benzene rings is 1. The predicted molar refractivity (Wildman–Crippen MR) is 90.9 cm³/mol. The lowest BCUT2D eigenvalue weighted by atomic mass is 9.66. The number of aliphatic carboxylic acids is 1. The van der Waals surface area contributed by atoms with Gasteiger partial charge in [0.05, 0.1) is 23.2 Å². The van der Waals surface area contributed by atoms with Gasteiger partial charge < -0.3 is 15.3 Å². The van der Waals surface area contributed by atoms with Crippen molar-refractivity contribution in [3.05, 3.63) is 29.8 Å². The third-order valence-corrected chi connectivity index (χ3v) is 4.83. The molecule has 9 heteroatoms. The summed E-state index contributed by atoms with van der Waals surface area (Å²) in [6.07, 6.45) is -3.32. The fourth-order valence-corrected chi connectivity index (χ4v) is 3.05. The number of carbonyl (C=O) groups excluding carboxylic acids is 2. The molecule has 2 amide bonds. The smallest absolute Gasteiger partial charge is 0.418 e. The van der Waals surface area contributed by atoms with Crippen LogP contribution in [0.4, 0.5) is 18.9 Å². The molecule has 0 aromatic heterocycles. The van der Waals surface area contributed by atoms with Crippen LogP contribution in [-0.4, -0.2) is 40.9 Å². The average Bonchev–Trinajstić information content (AvgIpc) is 2.54. The van der Waals surface area contributed by atoms with Crippen molar-refractivity contribution in [2.45, 2.75) is 38.8 Å². The number of nitrogens with zero attached hydrogens (tertiary/aromatic N) is 1. The Hall–Kier alpha value is -2.58. The molecule has 148 valence electrons. The summed E-state index contributed by atoms with van der Waals surface area (Å²) in [5, 5.41) is 11.5. The molecule has 27 heavy (non-hydrogen) atoms. The number of halogens is 3. The second kappa shape index (κ2) is 7.98. The van der Waals surface area contributed by atoms with Crippen LogP contribution >= 0.6 is 0 Å². The van der Waals surface area contributed by atoms with Crippen LogP contribution in [0.25, 0.3) is 0 Å². The van der Waals surface area contributed by atoms with Crippen molar-refractivity contribution in [2.75, 3.05) is 18.4 Å². The number of hydrogen-bond acceptors (Lipinski definition) is 3. The van der Waals surface area contributed by atoms with E-state index in [1.54, 1.807) is 6.92 Å². The van der Waals surface area contributed by atoms with Gasteiger partial charge in [-0.1, -0.05) is 18.6 Å². The fourth-order valence-electron chi connectivity index (χ4n) is 3.05. The molecule has 6 nitrogen and oxygen atoms in total. The number of anilines is 1. The second-order valence-electron chi connectivity index (χ2n) is 6.62. The highest BCUT2D eigenvalue weighted by atomic mass is 19.4. The molecular weight excluding hydrogens is 365 g/mol. The van der Waals surface area contributed by atoms with E-state index in [2.05, 4.69) is 5.32 Å². The highest BCUT2D eigenvalue weighted by molar-refractivity contribution is 5.95. The maximum Gasteiger partial charge on any atom is 0.418 e. The molecule has 0 heterocycles. The number of carboxylic acid groups (broad SMARTS) is 1. The van der Waals surface area contributed by atoms with E-state index in [9.17, 15) is 32.7 Å². The monoisotopic (exact) mass is 386 g/mol. The molecule has 0 bridgehead atoms. The van der Waals surface area contributed by atoms with Crippen molar-refractivity contribution < 1.29 is 32.7 Å². The zero-order chi connectivity index (χ0) is 20.2. The first-order valence-electron chi connectivity index (χ1n) is 8.56. The van der Waals surface area contributed by atoms with Crippen molar-refractivity contribution in [1.29, 1.82) is 0 Å². The number of hydrogen-bond donors (Lipinski definition) is 2. The first-order valence-corrected chi connectivity index (χ1v) is 8.56. The Morgan fingerprint density at radius 1 is 1.22 bits per heavy atom. The van der Waals surface area contributed by atoms with Crippen molar-refractivity contribution >= 4 is 23.5 Å². The third-order valence-electron chi connectivity index (χ3n) is 4.83.